The van der Waals surface area contributed by atoms with Gasteiger partial charge in [-0.05, 0) is 56.8 Å². The van der Waals surface area contributed by atoms with Crippen molar-refractivity contribution in [2.45, 2.75) is 25.8 Å². The van der Waals surface area contributed by atoms with Gasteiger partial charge in [-0.15, -0.1) is 0 Å². The van der Waals surface area contributed by atoms with E-state index in [-0.39, 0.29) is 11.9 Å². The van der Waals surface area contributed by atoms with Crippen molar-refractivity contribution in [3.05, 3.63) is 64.7 Å². The molecule has 140 valence electrons. The van der Waals surface area contributed by atoms with Crippen LogP contribution in [0, 0.1) is 6.92 Å². The van der Waals surface area contributed by atoms with Crippen molar-refractivity contribution in [1.29, 1.82) is 0 Å². The summed E-state index contributed by atoms with van der Waals surface area (Å²) in [6, 6.07) is 15.7. The molecule has 1 N–H and O–H groups in total. The molecule has 1 unspecified atom stereocenters. The first-order chi connectivity index (χ1) is 12.5. The van der Waals surface area contributed by atoms with Gasteiger partial charge < -0.3 is 15.0 Å². The van der Waals surface area contributed by atoms with E-state index >= 15 is 0 Å². The largest absolute Gasteiger partial charge is 0.494 e. The molecule has 2 aromatic carbocycles. The second kappa shape index (κ2) is 10.2. The number of ether oxygens (including phenoxy) is 1. The maximum Gasteiger partial charge on any atom is 0.220 e. The Morgan fingerprint density at radius 1 is 1.19 bits per heavy atom. The van der Waals surface area contributed by atoms with Crippen LogP contribution in [0.1, 0.15) is 30.0 Å². The second-order valence-electron chi connectivity index (χ2n) is 6.57. The zero-order valence-electron chi connectivity index (χ0n) is 15.7. The summed E-state index contributed by atoms with van der Waals surface area (Å²) in [4.78, 5) is 14.2. The van der Waals surface area contributed by atoms with Gasteiger partial charge >= 0.3 is 0 Å². The summed E-state index contributed by atoms with van der Waals surface area (Å²) in [5.41, 5.74) is 2.18. The van der Waals surface area contributed by atoms with E-state index in [1.807, 2.05) is 69.6 Å². The predicted molar refractivity (Wildman–Crippen MR) is 107 cm³/mol. The highest BCUT2D eigenvalue weighted by Gasteiger charge is 2.17. The van der Waals surface area contributed by atoms with E-state index in [1.165, 1.54) is 0 Å². The van der Waals surface area contributed by atoms with Crippen LogP contribution in [0.5, 0.6) is 5.75 Å². The summed E-state index contributed by atoms with van der Waals surface area (Å²) >= 11 is 6.29. The van der Waals surface area contributed by atoms with Crippen LogP contribution in [0.15, 0.2) is 48.5 Å². The summed E-state index contributed by atoms with van der Waals surface area (Å²) in [7, 11) is 3.96. The zero-order chi connectivity index (χ0) is 18.9. The molecular formula is C21H27ClN2O2. The third-order valence-electron chi connectivity index (χ3n) is 4.19. The minimum atomic E-state index is 0.0248. The molecule has 0 aliphatic carbocycles. The van der Waals surface area contributed by atoms with Gasteiger partial charge in [-0.3, -0.25) is 4.79 Å². The number of nitrogens with zero attached hydrogens (tertiary/aromatic N) is 1. The molecule has 2 rings (SSSR count). The predicted octanol–water partition coefficient (Wildman–Crippen LogP) is 4.23. The Kier molecular flexibility index (Phi) is 7.95. The van der Waals surface area contributed by atoms with Crippen molar-refractivity contribution in [3.8, 4) is 5.75 Å². The number of carbonyl (C=O) groups is 1. The van der Waals surface area contributed by atoms with Crippen molar-refractivity contribution in [2.24, 2.45) is 0 Å². The van der Waals surface area contributed by atoms with Gasteiger partial charge in [0.15, 0.2) is 0 Å². The van der Waals surface area contributed by atoms with E-state index in [0.717, 1.165) is 16.9 Å². The normalized spacial score (nSPS) is 12.0. The lowest BCUT2D eigenvalue weighted by molar-refractivity contribution is -0.121. The first kappa shape index (κ1) is 20.3. The summed E-state index contributed by atoms with van der Waals surface area (Å²) in [5, 5.41) is 3.72. The van der Waals surface area contributed by atoms with Gasteiger partial charge in [0.25, 0.3) is 0 Å². The maximum atomic E-state index is 12.1. The molecule has 1 amide bonds. The van der Waals surface area contributed by atoms with Gasteiger partial charge in [-0.1, -0.05) is 41.9 Å². The lowest BCUT2D eigenvalue weighted by Gasteiger charge is -2.26. The number of aryl methyl sites for hydroxylation is 1. The quantitative estimate of drug-likeness (QED) is 0.668. The summed E-state index contributed by atoms with van der Waals surface area (Å²) in [5.74, 6) is 0.869. The molecule has 0 saturated heterocycles. The molecule has 0 aliphatic rings. The van der Waals surface area contributed by atoms with Gasteiger partial charge in [-0.2, -0.15) is 0 Å². The summed E-state index contributed by atoms with van der Waals surface area (Å²) < 4.78 is 5.68. The van der Waals surface area contributed by atoms with E-state index in [0.29, 0.717) is 31.0 Å². The number of rotatable bonds is 9. The third-order valence-corrected chi connectivity index (χ3v) is 4.53. The number of hydrogen-bond donors (Lipinski definition) is 1. The second-order valence-corrected chi connectivity index (χ2v) is 6.98. The molecule has 5 heteroatoms. The van der Waals surface area contributed by atoms with E-state index in [4.69, 9.17) is 16.3 Å². The van der Waals surface area contributed by atoms with Crippen LogP contribution in [-0.4, -0.2) is 38.1 Å². The van der Waals surface area contributed by atoms with Crippen molar-refractivity contribution in [1.82, 2.24) is 10.2 Å². The smallest absolute Gasteiger partial charge is 0.220 e. The van der Waals surface area contributed by atoms with Crippen molar-refractivity contribution >= 4 is 17.5 Å². The van der Waals surface area contributed by atoms with Crippen molar-refractivity contribution < 1.29 is 9.53 Å². The highest BCUT2D eigenvalue weighted by molar-refractivity contribution is 6.31. The first-order valence-corrected chi connectivity index (χ1v) is 9.22. The molecular weight excluding hydrogens is 348 g/mol. The molecule has 0 bridgehead atoms. The van der Waals surface area contributed by atoms with Crippen LogP contribution in [-0.2, 0) is 4.79 Å². The van der Waals surface area contributed by atoms with E-state index in [2.05, 4.69) is 10.2 Å². The van der Waals surface area contributed by atoms with E-state index in [1.54, 1.807) is 0 Å². The molecule has 0 aromatic heterocycles. The van der Waals surface area contributed by atoms with Gasteiger partial charge in [0.2, 0.25) is 5.91 Å². The number of likely N-dealkylation sites (N-methyl/N-ethyl adjacent to an activating group) is 1. The molecule has 0 saturated carbocycles. The van der Waals surface area contributed by atoms with Gasteiger partial charge in [0, 0.05) is 18.0 Å². The average molecular weight is 375 g/mol. The molecule has 0 spiro atoms. The third kappa shape index (κ3) is 6.36. The monoisotopic (exact) mass is 374 g/mol. The molecule has 0 fully saturated rings. The van der Waals surface area contributed by atoms with Crippen LogP contribution in [0.4, 0.5) is 0 Å². The Hall–Kier alpha value is -2.04. The topological polar surface area (TPSA) is 41.6 Å². The Bertz CT molecular complexity index is 719. The minimum absolute atomic E-state index is 0.0248. The Morgan fingerprint density at radius 2 is 1.96 bits per heavy atom. The first-order valence-electron chi connectivity index (χ1n) is 8.84. The Morgan fingerprint density at radius 3 is 2.65 bits per heavy atom. The van der Waals surface area contributed by atoms with Gasteiger partial charge in [-0.25, -0.2) is 0 Å². The fourth-order valence-electron chi connectivity index (χ4n) is 2.74. The van der Waals surface area contributed by atoms with Crippen LogP contribution in [0.25, 0.3) is 0 Å². The van der Waals surface area contributed by atoms with Crippen molar-refractivity contribution in [3.63, 3.8) is 0 Å². The van der Waals surface area contributed by atoms with Crippen LogP contribution in [0.2, 0.25) is 5.02 Å². The molecule has 0 radical (unpaired) electrons. The molecule has 2 aromatic rings. The Labute approximate surface area is 161 Å². The van der Waals surface area contributed by atoms with Crippen molar-refractivity contribution in [2.75, 3.05) is 27.2 Å². The lowest BCUT2D eigenvalue weighted by atomic mass is 10.1. The lowest BCUT2D eigenvalue weighted by Crippen LogP contribution is -2.34. The number of nitrogens with one attached hydrogen (secondary N) is 1. The minimum Gasteiger partial charge on any atom is -0.494 e. The molecule has 1 atom stereocenters. The molecule has 0 aliphatic heterocycles. The number of carbonyl (C=O) groups excluding carboxylic acids is 1. The fourth-order valence-corrected chi connectivity index (χ4v) is 3.00. The number of hydrogen-bond acceptors (Lipinski definition) is 3. The van der Waals surface area contributed by atoms with E-state index in [9.17, 15) is 4.79 Å². The molecule has 0 heterocycles. The number of halogens is 1. The summed E-state index contributed by atoms with van der Waals surface area (Å²) in [6.07, 6.45) is 1.12. The highest BCUT2D eigenvalue weighted by atomic mass is 35.5. The molecule has 26 heavy (non-hydrogen) atoms. The number of benzene rings is 2. The fraction of sp³-hybridized carbons (Fsp3) is 0.381. The summed E-state index contributed by atoms with van der Waals surface area (Å²) in [6.45, 7) is 3.08. The van der Waals surface area contributed by atoms with Crippen LogP contribution in [0.3, 0.4) is 0 Å². The SMILES string of the molecule is Cc1cccc(OCCCC(=O)NCC(c2ccccc2Cl)N(C)C)c1. The van der Waals surface area contributed by atoms with Gasteiger partial charge in [0.05, 0.1) is 12.6 Å². The average Bonchev–Trinajstić information content (AvgIpc) is 2.60. The van der Waals surface area contributed by atoms with Crippen LogP contribution >= 0.6 is 11.6 Å². The zero-order valence-corrected chi connectivity index (χ0v) is 16.4. The van der Waals surface area contributed by atoms with E-state index < -0.39 is 0 Å². The van der Waals surface area contributed by atoms with Gasteiger partial charge in [0.1, 0.15) is 5.75 Å². The number of amides is 1. The standard InChI is InChI=1S/C21H27ClN2O2/c1-16-8-6-9-17(14-16)26-13-7-12-21(25)23-15-20(24(2)3)18-10-4-5-11-19(18)22/h4-6,8-11,14,20H,7,12-13,15H2,1-3H3,(H,23,25). The Balaban J connectivity index is 1.75. The molecule has 4 nitrogen and oxygen atoms in total. The highest BCUT2D eigenvalue weighted by Crippen LogP contribution is 2.25. The maximum absolute atomic E-state index is 12.1. The van der Waals surface area contributed by atoms with Crippen LogP contribution < -0.4 is 10.1 Å².